The van der Waals surface area contributed by atoms with Crippen molar-refractivity contribution in [3.63, 3.8) is 0 Å². The molecule has 0 unspecified atom stereocenters. The summed E-state index contributed by atoms with van der Waals surface area (Å²) < 4.78 is 7.78. The lowest BCUT2D eigenvalue weighted by molar-refractivity contribution is -0.125. The Morgan fingerprint density at radius 1 is 1.23 bits per heavy atom. The summed E-state index contributed by atoms with van der Waals surface area (Å²) in [4.78, 5) is 24.8. The van der Waals surface area contributed by atoms with Gasteiger partial charge >= 0.3 is 0 Å². The minimum Gasteiger partial charge on any atom is -0.483 e. The number of hydrogen-bond acceptors (Lipinski definition) is 3. The fourth-order valence-corrected chi connectivity index (χ4v) is 3.45. The van der Waals surface area contributed by atoms with Crippen molar-refractivity contribution < 1.29 is 9.53 Å². The van der Waals surface area contributed by atoms with Crippen LogP contribution in [-0.4, -0.2) is 10.5 Å². The molecule has 0 bridgehead atoms. The van der Waals surface area contributed by atoms with Crippen LogP contribution in [0.15, 0.2) is 41.2 Å². The molecule has 0 spiro atoms. The highest BCUT2D eigenvalue weighted by Crippen LogP contribution is 2.25. The van der Waals surface area contributed by atoms with Crippen LogP contribution in [0.2, 0.25) is 0 Å². The summed E-state index contributed by atoms with van der Waals surface area (Å²) in [6.45, 7) is 2.50. The maximum Gasteiger partial charge on any atom is 0.224 e. The Bertz CT molecular complexity index is 821. The molecule has 5 heteroatoms. The number of carbonyl (C=O) groups is 1. The van der Waals surface area contributed by atoms with Crippen LogP contribution < -0.4 is 15.5 Å². The smallest absolute Gasteiger partial charge is 0.224 e. The molecule has 1 saturated carbocycles. The Hall–Kier alpha value is -2.56. The molecule has 1 aromatic heterocycles. The van der Waals surface area contributed by atoms with E-state index in [2.05, 4.69) is 5.32 Å². The summed E-state index contributed by atoms with van der Waals surface area (Å²) in [5, 5.41) is 3.00. The van der Waals surface area contributed by atoms with Crippen molar-refractivity contribution in [1.82, 2.24) is 9.88 Å². The third-order valence-electron chi connectivity index (χ3n) is 5.14. The van der Waals surface area contributed by atoms with Gasteiger partial charge in [0.25, 0.3) is 0 Å². The standard InChI is InChI=1S/C21H26N2O3/c1-15-12-19(24)20(26-14-16-8-4-3-5-9-16)18(23(15)2)13-22-21(25)17-10-6-7-11-17/h3-5,8-9,12,17H,6-7,10-11,13-14H2,1-2H3,(H,22,25). The van der Waals surface area contributed by atoms with Crippen molar-refractivity contribution in [2.75, 3.05) is 0 Å². The van der Waals surface area contributed by atoms with E-state index in [-0.39, 0.29) is 17.3 Å². The molecule has 26 heavy (non-hydrogen) atoms. The van der Waals surface area contributed by atoms with Gasteiger partial charge in [-0.1, -0.05) is 43.2 Å². The first-order valence-corrected chi connectivity index (χ1v) is 9.20. The number of ether oxygens (including phenoxy) is 1. The van der Waals surface area contributed by atoms with E-state index in [0.717, 1.165) is 36.9 Å². The third-order valence-corrected chi connectivity index (χ3v) is 5.14. The average molecular weight is 354 g/mol. The van der Waals surface area contributed by atoms with Crippen LogP contribution in [0.3, 0.4) is 0 Å². The number of benzene rings is 1. The molecule has 1 heterocycles. The minimum absolute atomic E-state index is 0.0745. The molecule has 3 rings (SSSR count). The van der Waals surface area contributed by atoms with E-state index in [1.165, 1.54) is 0 Å². The molecule has 1 amide bonds. The maximum atomic E-state index is 12.5. The third kappa shape index (κ3) is 4.15. The van der Waals surface area contributed by atoms with E-state index < -0.39 is 0 Å². The van der Waals surface area contributed by atoms with Crippen LogP contribution in [0.1, 0.15) is 42.6 Å². The van der Waals surface area contributed by atoms with Crippen molar-refractivity contribution in [2.45, 2.75) is 45.8 Å². The molecule has 1 fully saturated rings. The molecule has 0 saturated heterocycles. The van der Waals surface area contributed by atoms with Gasteiger partial charge in [-0.05, 0) is 25.3 Å². The molecule has 138 valence electrons. The second kappa shape index (κ2) is 8.21. The number of amides is 1. The number of aromatic nitrogens is 1. The molecule has 5 nitrogen and oxygen atoms in total. The number of hydrogen-bond donors (Lipinski definition) is 1. The van der Waals surface area contributed by atoms with Gasteiger partial charge in [0.1, 0.15) is 6.61 Å². The predicted octanol–water partition coefficient (Wildman–Crippen LogP) is 3.08. The molecule has 1 aromatic carbocycles. The molecule has 1 N–H and O–H groups in total. The number of rotatable bonds is 6. The van der Waals surface area contributed by atoms with Crippen molar-refractivity contribution in [1.29, 1.82) is 0 Å². The normalized spacial score (nSPS) is 14.4. The summed E-state index contributed by atoms with van der Waals surface area (Å²) in [5.41, 5.74) is 2.39. The molecule has 1 aliphatic carbocycles. The fourth-order valence-electron chi connectivity index (χ4n) is 3.45. The number of nitrogens with one attached hydrogen (secondary N) is 1. The molecule has 0 atom stereocenters. The van der Waals surface area contributed by atoms with Crippen LogP contribution in [0.4, 0.5) is 0 Å². The van der Waals surface area contributed by atoms with Gasteiger partial charge in [0.2, 0.25) is 11.3 Å². The van der Waals surface area contributed by atoms with Gasteiger partial charge in [0, 0.05) is 24.7 Å². The van der Waals surface area contributed by atoms with E-state index in [1.54, 1.807) is 6.07 Å². The van der Waals surface area contributed by atoms with Crippen molar-refractivity contribution >= 4 is 5.91 Å². The van der Waals surface area contributed by atoms with E-state index in [1.807, 2.05) is 48.9 Å². The lowest BCUT2D eigenvalue weighted by atomic mass is 10.1. The highest BCUT2D eigenvalue weighted by atomic mass is 16.5. The Morgan fingerprint density at radius 2 is 1.92 bits per heavy atom. The molecule has 0 aliphatic heterocycles. The van der Waals surface area contributed by atoms with Crippen molar-refractivity contribution in [2.24, 2.45) is 13.0 Å². The Labute approximate surface area is 154 Å². The molecule has 1 aliphatic rings. The SMILES string of the molecule is Cc1cc(=O)c(OCc2ccccc2)c(CNC(=O)C2CCCC2)n1C. The largest absolute Gasteiger partial charge is 0.483 e. The monoisotopic (exact) mass is 354 g/mol. The number of pyridine rings is 1. The van der Waals surface area contributed by atoms with Gasteiger partial charge in [0.15, 0.2) is 5.75 Å². The lowest BCUT2D eigenvalue weighted by Crippen LogP contribution is -2.31. The van der Waals surface area contributed by atoms with Crippen LogP contribution in [0.25, 0.3) is 0 Å². The highest BCUT2D eigenvalue weighted by molar-refractivity contribution is 5.78. The Morgan fingerprint density at radius 3 is 2.62 bits per heavy atom. The molecule has 2 aromatic rings. The van der Waals surface area contributed by atoms with Gasteiger partial charge in [0.05, 0.1) is 12.2 Å². The van der Waals surface area contributed by atoms with Gasteiger partial charge in [-0.2, -0.15) is 0 Å². The van der Waals surface area contributed by atoms with E-state index in [4.69, 9.17) is 4.74 Å². The zero-order chi connectivity index (χ0) is 18.5. The van der Waals surface area contributed by atoms with E-state index in [9.17, 15) is 9.59 Å². The second-order valence-corrected chi connectivity index (χ2v) is 6.96. The number of aryl methyl sites for hydroxylation is 1. The first kappa shape index (κ1) is 18.2. The quantitative estimate of drug-likeness (QED) is 0.867. The van der Waals surface area contributed by atoms with Crippen LogP contribution in [-0.2, 0) is 25.0 Å². The first-order chi connectivity index (χ1) is 12.6. The predicted molar refractivity (Wildman–Crippen MR) is 101 cm³/mol. The van der Waals surface area contributed by atoms with Gasteiger partial charge in [-0.3, -0.25) is 9.59 Å². The van der Waals surface area contributed by atoms with Gasteiger partial charge in [-0.25, -0.2) is 0 Å². The number of nitrogens with zero attached hydrogens (tertiary/aromatic N) is 1. The second-order valence-electron chi connectivity index (χ2n) is 6.96. The summed E-state index contributed by atoms with van der Waals surface area (Å²) >= 11 is 0. The van der Waals surface area contributed by atoms with Crippen LogP contribution >= 0.6 is 0 Å². The van der Waals surface area contributed by atoms with Crippen molar-refractivity contribution in [3.8, 4) is 5.75 Å². The van der Waals surface area contributed by atoms with E-state index in [0.29, 0.717) is 24.6 Å². The van der Waals surface area contributed by atoms with Gasteiger partial charge in [-0.15, -0.1) is 0 Å². The Kier molecular flexibility index (Phi) is 5.76. The maximum absolute atomic E-state index is 12.5. The summed E-state index contributed by atoms with van der Waals surface area (Å²) in [5.74, 6) is 0.490. The first-order valence-electron chi connectivity index (χ1n) is 9.20. The fraction of sp³-hybridized carbons (Fsp3) is 0.429. The molecular formula is C21H26N2O3. The van der Waals surface area contributed by atoms with Crippen LogP contribution in [0, 0.1) is 12.8 Å². The topological polar surface area (TPSA) is 60.3 Å². The average Bonchev–Trinajstić information content (AvgIpc) is 3.18. The molecular weight excluding hydrogens is 328 g/mol. The molecule has 0 radical (unpaired) electrons. The lowest BCUT2D eigenvalue weighted by Gasteiger charge is -2.18. The Balaban J connectivity index is 1.78. The van der Waals surface area contributed by atoms with Crippen molar-refractivity contribution in [3.05, 3.63) is 63.6 Å². The minimum atomic E-state index is -0.151. The van der Waals surface area contributed by atoms with E-state index >= 15 is 0 Å². The van der Waals surface area contributed by atoms with Crippen LogP contribution in [0.5, 0.6) is 5.75 Å². The number of carbonyl (C=O) groups excluding carboxylic acids is 1. The summed E-state index contributed by atoms with van der Waals surface area (Å²) in [7, 11) is 1.89. The van der Waals surface area contributed by atoms with Gasteiger partial charge < -0.3 is 14.6 Å². The summed E-state index contributed by atoms with van der Waals surface area (Å²) in [6, 6.07) is 11.3. The highest BCUT2D eigenvalue weighted by Gasteiger charge is 2.23. The summed E-state index contributed by atoms with van der Waals surface area (Å²) in [6.07, 6.45) is 4.14. The zero-order valence-electron chi connectivity index (χ0n) is 15.5. The zero-order valence-corrected chi connectivity index (χ0v) is 15.5.